The third kappa shape index (κ3) is 10.9. The molecule has 0 bridgehead atoms. The number of aromatic amines is 2. The molecule has 12 heteroatoms. The minimum atomic E-state index is -1.54. The molecule has 3 atom stereocenters. The highest BCUT2D eigenvalue weighted by atomic mass is 16.6. The van der Waals surface area contributed by atoms with Gasteiger partial charge in [-0.2, -0.15) is 0 Å². The van der Waals surface area contributed by atoms with Crippen molar-refractivity contribution < 1.29 is 19.1 Å². The standard InChI is InChI=1S/C35H48N8O4/c1-4-5-6-7-8-10-15-25(2)38-34(46)47-35(3,22-27-23-36-29-19-14-13-18-28(27)29)33(45)37-24-30(26-16-11-9-12-17-26)39-32(44)21-20-31-40-42-43-41-31/h9,11-14,16-19,23,25,30,36H,4-8,10,15,20-22,24H2,1-3H3,(H,37,45)(H,38,46)(H,39,44)(H,40,41,42,43)/t25-,30+,35-/m1/s1. The van der Waals surface area contributed by atoms with E-state index in [9.17, 15) is 14.4 Å². The van der Waals surface area contributed by atoms with Gasteiger partial charge in [-0.05, 0) is 47.9 Å². The van der Waals surface area contributed by atoms with Gasteiger partial charge in [0, 0.05) is 48.9 Å². The molecule has 0 saturated heterocycles. The van der Waals surface area contributed by atoms with Gasteiger partial charge in [0.25, 0.3) is 5.91 Å². The number of carbonyl (C=O) groups is 3. The summed E-state index contributed by atoms with van der Waals surface area (Å²) in [5.41, 5.74) is 1.05. The average molecular weight is 645 g/mol. The highest BCUT2D eigenvalue weighted by Gasteiger charge is 2.39. The minimum absolute atomic E-state index is 0.0847. The van der Waals surface area contributed by atoms with Crippen LogP contribution in [0.1, 0.15) is 95.1 Å². The average Bonchev–Trinajstić information content (AvgIpc) is 3.74. The van der Waals surface area contributed by atoms with Crippen LogP contribution >= 0.6 is 0 Å². The zero-order chi connectivity index (χ0) is 33.5. The Bertz CT molecular complexity index is 1540. The second kappa shape index (κ2) is 17.8. The number of unbranched alkanes of at least 4 members (excludes halogenated alkanes) is 5. The van der Waals surface area contributed by atoms with E-state index in [2.05, 4.69) is 48.5 Å². The molecule has 4 aromatic rings. The predicted molar refractivity (Wildman–Crippen MR) is 180 cm³/mol. The Balaban J connectivity index is 1.44. The van der Waals surface area contributed by atoms with Crippen molar-refractivity contribution in [3.05, 3.63) is 77.7 Å². The molecule has 252 valence electrons. The Morgan fingerprint density at radius 2 is 1.70 bits per heavy atom. The number of nitrogens with zero attached hydrogens (tertiary/aromatic N) is 3. The number of rotatable bonds is 19. The van der Waals surface area contributed by atoms with Crippen LogP contribution in [0.4, 0.5) is 4.79 Å². The molecule has 0 radical (unpaired) electrons. The van der Waals surface area contributed by atoms with E-state index >= 15 is 0 Å². The van der Waals surface area contributed by atoms with Crippen molar-refractivity contribution in [2.75, 3.05) is 6.54 Å². The Hall–Kier alpha value is -4.74. The Morgan fingerprint density at radius 3 is 2.47 bits per heavy atom. The highest BCUT2D eigenvalue weighted by Crippen LogP contribution is 2.26. The van der Waals surface area contributed by atoms with E-state index < -0.39 is 23.6 Å². The first-order chi connectivity index (χ1) is 22.8. The number of fused-ring (bicyclic) bond motifs is 1. The Morgan fingerprint density at radius 1 is 0.957 bits per heavy atom. The van der Waals surface area contributed by atoms with Gasteiger partial charge < -0.3 is 25.7 Å². The first kappa shape index (κ1) is 35.1. The number of amides is 3. The summed E-state index contributed by atoms with van der Waals surface area (Å²) in [7, 11) is 0. The van der Waals surface area contributed by atoms with E-state index in [0.717, 1.165) is 41.3 Å². The molecule has 47 heavy (non-hydrogen) atoms. The fourth-order valence-corrected chi connectivity index (χ4v) is 5.64. The lowest BCUT2D eigenvalue weighted by Gasteiger charge is -2.30. The normalized spacial score (nSPS) is 13.8. The maximum atomic E-state index is 14.0. The van der Waals surface area contributed by atoms with Crippen molar-refractivity contribution in [2.45, 2.75) is 103 Å². The third-order valence-electron chi connectivity index (χ3n) is 8.34. The van der Waals surface area contributed by atoms with Gasteiger partial charge in [0.1, 0.15) is 5.82 Å². The maximum Gasteiger partial charge on any atom is 0.408 e. The van der Waals surface area contributed by atoms with Crippen molar-refractivity contribution in [1.29, 1.82) is 0 Å². The molecule has 5 N–H and O–H groups in total. The monoisotopic (exact) mass is 644 g/mol. The minimum Gasteiger partial charge on any atom is -0.433 e. The van der Waals surface area contributed by atoms with E-state index in [4.69, 9.17) is 4.74 Å². The molecule has 2 heterocycles. The van der Waals surface area contributed by atoms with Crippen LogP contribution in [0.2, 0.25) is 0 Å². The summed E-state index contributed by atoms with van der Waals surface area (Å²) < 4.78 is 5.97. The van der Waals surface area contributed by atoms with E-state index in [-0.39, 0.29) is 31.3 Å². The maximum absolute atomic E-state index is 14.0. The number of aryl methyl sites for hydroxylation is 1. The molecule has 0 aliphatic heterocycles. The zero-order valence-electron chi connectivity index (χ0n) is 27.7. The van der Waals surface area contributed by atoms with Crippen LogP contribution in [0.15, 0.2) is 60.8 Å². The summed E-state index contributed by atoms with van der Waals surface area (Å²) in [5.74, 6) is -0.181. The zero-order valence-corrected chi connectivity index (χ0v) is 27.7. The number of para-hydroxylation sites is 1. The summed E-state index contributed by atoms with van der Waals surface area (Å²) in [6.07, 6.45) is 9.70. The molecule has 4 rings (SSSR count). The van der Waals surface area contributed by atoms with Gasteiger partial charge in [-0.3, -0.25) is 9.59 Å². The number of carbonyl (C=O) groups excluding carboxylic acids is 3. The van der Waals surface area contributed by atoms with Crippen LogP contribution < -0.4 is 16.0 Å². The lowest BCUT2D eigenvalue weighted by molar-refractivity contribution is -0.138. The third-order valence-corrected chi connectivity index (χ3v) is 8.34. The van der Waals surface area contributed by atoms with E-state index in [0.29, 0.717) is 12.2 Å². The number of H-pyrrole nitrogens is 2. The smallest absolute Gasteiger partial charge is 0.408 e. The number of hydrogen-bond donors (Lipinski definition) is 5. The molecule has 3 amide bonds. The summed E-state index contributed by atoms with van der Waals surface area (Å²) in [5, 5.41) is 23.4. The molecule has 0 aliphatic rings. The van der Waals surface area contributed by atoms with E-state index in [1.54, 1.807) is 6.92 Å². The number of alkyl carbamates (subject to hydrolysis) is 1. The lowest BCUT2D eigenvalue weighted by Crippen LogP contribution is -2.53. The second-order valence-corrected chi connectivity index (χ2v) is 12.3. The van der Waals surface area contributed by atoms with Crippen molar-refractivity contribution in [3.8, 4) is 0 Å². The van der Waals surface area contributed by atoms with Crippen LogP contribution in [-0.4, -0.2) is 61.7 Å². The van der Waals surface area contributed by atoms with Crippen molar-refractivity contribution in [2.24, 2.45) is 0 Å². The topological polar surface area (TPSA) is 167 Å². The first-order valence-corrected chi connectivity index (χ1v) is 16.7. The highest BCUT2D eigenvalue weighted by molar-refractivity contribution is 5.90. The summed E-state index contributed by atoms with van der Waals surface area (Å²) in [6, 6.07) is 16.6. The molecule has 2 aromatic carbocycles. The number of ether oxygens (including phenoxy) is 1. The van der Waals surface area contributed by atoms with Crippen LogP contribution in [0.25, 0.3) is 10.9 Å². The van der Waals surface area contributed by atoms with Gasteiger partial charge in [0.15, 0.2) is 5.60 Å². The summed E-state index contributed by atoms with van der Waals surface area (Å²) in [4.78, 5) is 43.3. The Kier molecular flexibility index (Phi) is 13.3. The summed E-state index contributed by atoms with van der Waals surface area (Å²) in [6.45, 7) is 5.87. The largest absolute Gasteiger partial charge is 0.433 e. The molecule has 0 spiro atoms. The SMILES string of the molecule is CCCCCCCC[C@@H](C)NC(=O)O[C@](C)(Cc1c[nH]c2ccccc12)C(=O)NC[C@H](NC(=O)CCc1nnn[nH]1)c1ccccc1. The number of aromatic nitrogens is 5. The van der Waals surface area contributed by atoms with Gasteiger partial charge in [-0.25, -0.2) is 9.89 Å². The molecular weight excluding hydrogens is 596 g/mol. The van der Waals surface area contributed by atoms with E-state index in [1.807, 2.05) is 67.7 Å². The Labute approximate surface area is 276 Å². The van der Waals surface area contributed by atoms with Crippen molar-refractivity contribution >= 4 is 28.8 Å². The van der Waals surface area contributed by atoms with Crippen molar-refractivity contribution in [3.63, 3.8) is 0 Å². The van der Waals surface area contributed by atoms with Crippen LogP contribution in [0.5, 0.6) is 0 Å². The number of benzene rings is 2. The second-order valence-electron chi connectivity index (χ2n) is 12.3. The summed E-state index contributed by atoms with van der Waals surface area (Å²) >= 11 is 0. The molecule has 0 fully saturated rings. The van der Waals surface area contributed by atoms with Gasteiger partial charge in [0.2, 0.25) is 5.91 Å². The first-order valence-electron chi connectivity index (χ1n) is 16.7. The van der Waals surface area contributed by atoms with Gasteiger partial charge >= 0.3 is 6.09 Å². The van der Waals surface area contributed by atoms with Crippen LogP contribution in [0, 0.1) is 0 Å². The lowest BCUT2D eigenvalue weighted by atomic mass is 9.94. The molecule has 0 saturated carbocycles. The van der Waals surface area contributed by atoms with Crippen molar-refractivity contribution in [1.82, 2.24) is 41.6 Å². The number of tetrazole rings is 1. The van der Waals surface area contributed by atoms with Gasteiger partial charge in [-0.15, -0.1) is 5.10 Å². The quantitative estimate of drug-likeness (QED) is 0.0846. The molecule has 2 aromatic heterocycles. The van der Waals surface area contributed by atoms with Gasteiger partial charge in [-0.1, -0.05) is 94.0 Å². The van der Waals surface area contributed by atoms with Gasteiger partial charge in [0.05, 0.1) is 6.04 Å². The number of nitrogens with one attached hydrogen (secondary N) is 5. The van der Waals surface area contributed by atoms with Crippen LogP contribution in [0.3, 0.4) is 0 Å². The fraction of sp³-hybridized carbons (Fsp3) is 0.486. The molecule has 0 aliphatic carbocycles. The fourth-order valence-electron chi connectivity index (χ4n) is 5.64. The predicted octanol–water partition coefficient (Wildman–Crippen LogP) is 5.45. The van der Waals surface area contributed by atoms with Crippen LogP contribution in [-0.2, 0) is 27.2 Å². The number of hydrogen-bond acceptors (Lipinski definition) is 7. The molecular formula is C35H48N8O4. The molecule has 0 unspecified atom stereocenters. The molecule has 12 nitrogen and oxygen atoms in total. The van der Waals surface area contributed by atoms with E-state index in [1.165, 1.54) is 25.7 Å².